The first-order valence-corrected chi connectivity index (χ1v) is 8.88. The third-order valence-corrected chi connectivity index (χ3v) is 5.29. The van der Waals surface area contributed by atoms with E-state index in [-0.39, 0.29) is 17.9 Å². The van der Waals surface area contributed by atoms with Crippen LogP contribution >= 0.6 is 0 Å². The molecule has 3 atom stereocenters. The minimum absolute atomic E-state index is 0.0385. The van der Waals surface area contributed by atoms with Crippen molar-refractivity contribution in [1.82, 2.24) is 15.1 Å². The number of carbonyl (C=O) groups excluding carboxylic acids is 2. The van der Waals surface area contributed by atoms with Crippen LogP contribution in [0, 0.1) is 5.41 Å². The van der Waals surface area contributed by atoms with Gasteiger partial charge in [-0.1, -0.05) is 30.3 Å². The molecule has 0 bridgehead atoms. The summed E-state index contributed by atoms with van der Waals surface area (Å²) in [5, 5.41) is 13.7. The van der Waals surface area contributed by atoms with Gasteiger partial charge in [-0.25, -0.2) is 0 Å². The number of likely N-dealkylation sites (N-methyl/N-ethyl adjacent to an activating group) is 1. The maximum Gasteiger partial charge on any atom is 0.236 e. The van der Waals surface area contributed by atoms with Gasteiger partial charge in [0.15, 0.2) is 0 Å². The highest BCUT2D eigenvalue weighted by molar-refractivity contribution is 5.86. The van der Waals surface area contributed by atoms with Crippen LogP contribution in [-0.2, 0) is 9.59 Å². The van der Waals surface area contributed by atoms with Crippen LogP contribution in [0.1, 0.15) is 30.9 Å². The molecule has 2 amide bonds. The monoisotopic (exact) mass is 345 g/mol. The molecule has 2 aliphatic rings. The predicted molar refractivity (Wildman–Crippen MR) is 94.8 cm³/mol. The molecule has 0 aromatic heterocycles. The van der Waals surface area contributed by atoms with Crippen LogP contribution in [0.15, 0.2) is 30.3 Å². The number of hydrogen-bond acceptors (Lipinski definition) is 4. The molecule has 1 spiro atoms. The van der Waals surface area contributed by atoms with Gasteiger partial charge in [0.25, 0.3) is 0 Å². The number of hydrogen-bond donors (Lipinski definition) is 2. The first kappa shape index (κ1) is 17.9. The second-order valence-electron chi connectivity index (χ2n) is 7.57. The summed E-state index contributed by atoms with van der Waals surface area (Å²) in [6.07, 6.45) is 1.24. The molecule has 1 aromatic rings. The Balaban J connectivity index is 1.74. The lowest BCUT2D eigenvalue weighted by Crippen LogP contribution is -2.60. The highest BCUT2D eigenvalue weighted by Crippen LogP contribution is 2.41. The summed E-state index contributed by atoms with van der Waals surface area (Å²) < 4.78 is 0. The second-order valence-corrected chi connectivity index (χ2v) is 7.57. The number of piperidine rings is 2. The third kappa shape index (κ3) is 3.70. The van der Waals surface area contributed by atoms with Crippen molar-refractivity contribution in [3.05, 3.63) is 35.9 Å². The zero-order valence-electron chi connectivity index (χ0n) is 14.9. The molecule has 25 heavy (non-hydrogen) atoms. The smallest absolute Gasteiger partial charge is 0.236 e. The lowest BCUT2D eigenvalue weighted by Gasteiger charge is -2.47. The quantitative estimate of drug-likeness (QED) is 0.849. The van der Waals surface area contributed by atoms with Gasteiger partial charge in [-0.15, -0.1) is 0 Å². The van der Waals surface area contributed by atoms with Crippen molar-refractivity contribution in [3.8, 4) is 0 Å². The Hall–Kier alpha value is -1.92. The largest absolute Gasteiger partial charge is 0.391 e. The summed E-state index contributed by atoms with van der Waals surface area (Å²) >= 11 is 0. The zero-order valence-corrected chi connectivity index (χ0v) is 14.9. The Kier molecular flexibility index (Phi) is 5.11. The topological polar surface area (TPSA) is 72.9 Å². The molecule has 2 aliphatic heterocycles. The van der Waals surface area contributed by atoms with E-state index in [0.29, 0.717) is 32.5 Å². The first-order chi connectivity index (χ1) is 11.9. The van der Waals surface area contributed by atoms with E-state index in [1.165, 1.54) is 0 Å². The van der Waals surface area contributed by atoms with Gasteiger partial charge in [-0.05, 0) is 38.9 Å². The van der Waals surface area contributed by atoms with Crippen LogP contribution in [-0.4, -0.2) is 66.6 Å². The van der Waals surface area contributed by atoms with Gasteiger partial charge in [0.2, 0.25) is 11.8 Å². The summed E-state index contributed by atoms with van der Waals surface area (Å²) in [5.41, 5.74) is 0.236. The molecular formula is C19H27N3O3. The number of nitrogens with one attached hydrogen (secondary N) is 1. The number of carbonyl (C=O) groups is 2. The van der Waals surface area contributed by atoms with E-state index in [4.69, 9.17) is 0 Å². The molecule has 0 saturated carbocycles. The van der Waals surface area contributed by atoms with E-state index in [2.05, 4.69) is 5.32 Å². The Bertz CT molecular complexity index is 634. The standard InChI is InChI=1S/C19H27N3O3/c1-21(2)12-16(24)22-10-6-9-19(13-22)11-15(23)17(20-18(19)25)14-7-4-3-5-8-14/h3-5,7-8,15,17,23H,6,9-13H2,1-2H3,(H,20,25)/t15-,17+,19-/m1/s1. The summed E-state index contributed by atoms with van der Waals surface area (Å²) in [7, 11) is 3.72. The van der Waals surface area contributed by atoms with Gasteiger partial charge in [0.05, 0.1) is 24.1 Å². The van der Waals surface area contributed by atoms with Crippen molar-refractivity contribution in [2.75, 3.05) is 33.7 Å². The van der Waals surface area contributed by atoms with Gasteiger partial charge in [0, 0.05) is 13.1 Å². The Morgan fingerprint density at radius 3 is 2.76 bits per heavy atom. The van der Waals surface area contributed by atoms with Crippen LogP contribution in [0.5, 0.6) is 0 Å². The van der Waals surface area contributed by atoms with Gasteiger partial charge in [-0.2, -0.15) is 0 Å². The number of benzene rings is 1. The van der Waals surface area contributed by atoms with Crippen molar-refractivity contribution >= 4 is 11.8 Å². The molecule has 136 valence electrons. The zero-order chi connectivity index (χ0) is 18.0. The summed E-state index contributed by atoms with van der Waals surface area (Å²) in [4.78, 5) is 28.9. The van der Waals surface area contributed by atoms with Gasteiger partial charge >= 0.3 is 0 Å². The van der Waals surface area contributed by atoms with Crippen LogP contribution in [0.2, 0.25) is 0 Å². The summed E-state index contributed by atoms with van der Waals surface area (Å²) in [6, 6.07) is 9.17. The number of aliphatic hydroxyl groups is 1. The van der Waals surface area contributed by atoms with Crippen LogP contribution in [0.3, 0.4) is 0 Å². The SMILES string of the molecule is CN(C)CC(=O)N1CCC[C@@]2(C[C@@H](O)[C@H](c3ccccc3)NC2=O)C1. The molecule has 2 N–H and O–H groups in total. The second kappa shape index (κ2) is 7.14. The Morgan fingerprint density at radius 1 is 1.36 bits per heavy atom. The molecule has 0 radical (unpaired) electrons. The number of aliphatic hydroxyl groups excluding tert-OH is 1. The lowest BCUT2D eigenvalue weighted by atomic mass is 9.70. The van der Waals surface area contributed by atoms with E-state index in [0.717, 1.165) is 12.0 Å². The highest BCUT2D eigenvalue weighted by atomic mass is 16.3. The minimum atomic E-state index is -0.676. The fourth-order valence-corrected chi connectivity index (χ4v) is 4.03. The van der Waals surface area contributed by atoms with E-state index in [1.54, 1.807) is 4.90 Å². The minimum Gasteiger partial charge on any atom is -0.391 e. The van der Waals surface area contributed by atoms with Crippen LogP contribution in [0.4, 0.5) is 0 Å². The predicted octanol–water partition coefficient (Wildman–Crippen LogP) is 0.779. The number of nitrogens with zero attached hydrogens (tertiary/aromatic N) is 2. The summed E-state index contributed by atoms with van der Waals surface area (Å²) in [5.74, 6) is -0.00875. The Morgan fingerprint density at radius 2 is 2.08 bits per heavy atom. The molecule has 2 fully saturated rings. The highest BCUT2D eigenvalue weighted by Gasteiger charge is 2.49. The molecular weight excluding hydrogens is 318 g/mol. The number of rotatable bonds is 3. The van der Waals surface area contributed by atoms with Gasteiger partial charge in [-0.3, -0.25) is 9.59 Å². The van der Waals surface area contributed by atoms with Gasteiger partial charge in [0.1, 0.15) is 0 Å². The maximum absolute atomic E-state index is 12.9. The van der Waals surface area contributed by atoms with E-state index in [9.17, 15) is 14.7 Å². The van der Waals surface area contributed by atoms with E-state index in [1.807, 2.05) is 49.3 Å². The lowest BCUT2D eigenvalue weighted by molar-refractivity contribution is -0.149. The third-order valence-electron chi connectivity index (χ3n) is 5.29. The molecule has 2 heterocycles. The van der Waals surface area contributed by atoms with E-state index >= 15 is 0 Å². The Labute approximate surface area is 148 Å². The molecule has 3 rings (SSSR count). The van der Waals surface area contributed by atoms with Crippen molar-refractivity contribution < 1.29 is 14.7 Å². The van der Waals surface area contributed by atoms with Crippen LogP contribution < -0.4 is 5.32 Å². The van der Waals surface area contributed by atoms with Crippen molar-refractivity contribution in [3.63, 3.8) is 0 Å². The molecule has 1 aromatic carbocycles. The number of likely N-dealkylation sites (tertiary alicyclic amines) is 1. The van der Waals surface area contributed by atoms with Crippen molar-refractivity contribution in [2.45, 2.75) is 31.4 Å². The molecule has 2 saturated heterocycles. The first-order valence-electron chi connectivity index (χ1n) is 8.88. The van der Waals surface area contributed by atoms with E-state index < -0.39 is 11.5 Å². The number of amides is 2. The average Bonchev–Trinajstić information content (AvgIpc) is 2.58. The normalized spacial score (nSPS) is 29.8. The van der Waals surface area contributed by atoms with Crippen molar-refractivity contribution in [1.29, 1.82) is 0 Å². The average molecular weight is 345 g/mol. The molecule has 0 aliphatic carbocycles. The fraction of sp³-hybridized carbons (Fsp3) is 0.579. The maximum atomic E-state index is 12.9. The fourth-order valence-electron chi connectivity index (χ4n) is 4.03. The van der Waals surface area contributed by atoms with Gasteiger partial charge < -0.3 is 20.2 Å². The molecule has 6 heteroatoms. The molecule has 0 unspecified atom stereocenters. The van der Waals surface area contributed by atoms with Crippen LogP contribution in [0.25, 0.3) is 0 Å². The summed E-state index contributed by atoms with van der Waals surface area (Å²) in [6.45, 7) is 1.41. The molecule has 6 nitrogen and oxygen atoms in total. The van der Waals surface area contributed by atoms with Crippen molar-refractivity contribution in [2.24, 2.45) is 5.41 Å².